The molecule has 0 saturated heterocycles. The minimum absolute atomic E-state index is 0.450. The summed E-state index contributed by atoms with van der Waals surface area (Å²) in [5, 5.41) is 11.6. The van der Waals surface area contributed by atoms with Crippen LogP contribution in [-0.2, 0) is 13.0 Å². The number of aromatic hydroxyl groups is 1. The second-order valence-electron chi connectivity index (χ2n) is 5.44. The van der Waals surface area contributed by atoms with E-state index in [1.165, 1.54) is 10.5 Å². The molecule has 1 aromatic carbocycles. The average Bonchev–Trinajstić information content (AvgIpc) is 2.47. The number of H-pyrrole nitrogens is 1. The summed E-state index contributed by atoms with van der Waals surface area (Å²) in [6.07, 6.45) is 0.986. The minimum Gasteiger partial charge on any atom is -0.506 e. The molecule has 108 valence electrons. The van der Waals surface area contributed by atoms with E-state index in [1.54, 1.807) is 0 Å². The number of rotatable bonds is 5. The first-order valence-corrected chi connectivity index (χ1v) is 7.60. The zero-order chi connectivity index (χ0) is 14.7. The first-order valence-electron chi connectivity index (χ1n) is 7.60. The lowest BCUT2D eigenvalue weighted by atomic mass is 10.0. The zero-order valence-electron chi connectivity index (χ0n) is 13.0. The number of quaternary nitrogens is 1. The number of aromatic nitrogens is 1. The Balaban J connectivity index is 2.54. The number of aromatic amines is 1. The Morgan fingerprint density at radius 3 is 2.45 bits per heavy atom. The van der Waals surface area contributed by atoms with Crippen LogP contribution in [0, 0.1) is 6.92 Å². The van der Waals surface area contributed by atoms with Gasteiger partial charge in [0.2, 0.25) is 5.52 Å². The minimum atomic E-state index is 0.450. The average molecular weight is 274 g/mol. The molecule has 0 bridgehead atoms. The standard InChI is InChI=1S/C17H24N2O/c1-5-13-8-9-16-14(10-13)17(20)15(12(4)18-16)11-19(6-2)7-3/h8-10H,5-7,11H2,1-4H3,(H,18,20)/p+2. The van der Waals surface area contributed by atoms with Gasteiger partial charge in [0.25, 0.3) is 0 Å². The fourth-order valence-electron chi connectivity index (χ4n) is 2.70. The van der Waals surface area contributed by atoms with Crippen molar-refractivity contribution in [2.75, 3.05) is 13.1 Å². The van der Waals surface area contributed by atoms with Crippen molar-refractivity contribution in [1.29, 1.82) is 0 Å². The van der Waals surface area contributed by atoms with Crippen LogP contribution in [0.4, 0.5) is 0 Å². The van der Waals surface area contributed by atoms with Crippen LogP contribution >= 0.6 is 0 Å². The summed E-state index contributed by atoms with van der Waals surface area (Å²) in [7, 11) is 0. The van der Waals surface area contributed by atoms with Crippen LogP contribution < -0.4 is 9.88 Å². The lowest BCUT2D eigenvalue weighted by Crippen LogP contribution is -3.10. The summed E-state index contributed by atoms with van der Waals surface area (Å²) >= 11 is 0. The van der Waals surface area contributed by atoms with E-state index in [4.69, 9.17) is 0 Å². The molecule has 0 amide bonds. The van der Waals surface area contributed by atoms with Crippen molar-refractivity contribution in [1.82, 2.24) is 0 Å². The number of hydrogen-bond acceptors (Lipinski definition) is 1. The molecule has 1 aromatic heterocycles. The van der Waals surface area contributed by atoms with Crippen molar-refractivity contribution in [3.05, 3.63) is 35.0 Å². The first kappa shape index (κ1) is 14.8. The highest BCUT2D eigenvalue weighted by Crippen LogP contribution is 2.28. The van der Waals surface area contributed by atoms with Gasteiger partial charge in [-0.3, -0.25) is 0 Å². The summed E-state index contributed by atoms with van der Waals surface area (Å²) < 4.78 is 0. The van der Waals surface area contributed by atoms with Crippen LogP contribution in [0.5, 0.6) is 5.75 Å². The van der Waals surface area contributed by atoms with Crippen molar-refractivity contribution in [3.8, 4) is 5.75 Å². The Hall–Kier alpha value is -1.61. The highest BCUT2D eigenvalue weighted by Gasteiger charge is 2.20. The fourth-order valence-corrected chi connectivity index (χ4v) is 2.70. The number of nitrogens with one attached hydrogen (secondary N) is 2. The van der Waals surface area contributed by atoms with Crippen molar-refractivity contribution in [3.63, 3.8) is 0 Å². The molecule has 0 aliphatic heterocycles. The number of benzene rings is 1. The largest absolute Gasteiger partial charge is 0.506 e. The molecule has 3 N–H and O–H groups in total. The van der Waals surface area contributed by atoms with Crippen LogP contribution in [0.1, 0.15) is 37.6 Å². The molecule has 3 nitrogen and oxygen atoms in total. The number of aryl methyl sites for hydroxylation is 2. The van der Waals surface area contributed by atoms with Gasteiger partial charge in [-0.05, 0) is 31.9 Å². The third-order valence-corrected chi connectivity index (χ3v) is 4.23. The van der Waals surface area contributed by atoms with Crippen LogP contribution in [0.25, 0.3) is 10.9 Å². The molecule has 0 aliphatic rings. The molecule has 1 heterocycles. The lowest BCUT2D eigenvalue weighted by molar-refractivity contribution is -0.910. The van der Waals surface area contributed by atoms with Crippen molar-refractivity contribution in [2.24, 2.45) is 0 Å². The molecule has 0 spiro atoms. The van der Waals surface area contributed by atoms with Crippen LogP contribution in [0.3, 0.4) is 0 Å². The molecule has 0 saturated carbocycles. The lowest BCUT2D eigenvalue weighted by Gasteiger charge is -2.16. The van der Waals surface area contributed by atoms with Crippen molar-refractivity contribution < 1.29 is 15.0 Å². The Bertz CT molecular complexity index is 603. The SMILES string of the molecule is CCc1ccc2[nH+]c(C)c(C[NH+](CC)CC)c(O)c2c1. The third-order valence-electron chi connectivity index (χ3n) is 4.23. The molecule has 2 rings (SSSR count). The quantitative estimate of drug-likeness (QED) is 0.855. The molecule has 20 heavy (non-hydrogen) atoms. The molecule has 2 aromatic rings. The predicted molar refractivity (Wildman–Crippen MR) is 82.0 cm³/mol. The summed E-state index contributed by atoms with van der Waals surface area (Å²) in [6, 6.07) is 6.28. The summed E-state index contributed by atoms with van der Waals surface area (Å²) in [4.78, 5) is 4.91. The van der Waals surface area contributed by atoms with E-state index in [0.29, 0.717) is 5.75 Å². The predicted octanol–water partition coefficient (Wildman–Crippen LogP) is 1.66. The molecule has 0 fully saturated rings. The van der Waals surface area contributed by atoms with Crippen LogP contribution in [-0.4, -0.2) is 18.2 Å². The molecular weight excluding hydrogens is 248 g/mol. The first-order chi connectivity index (χ1) is 9.60. The van der Waals surface area contributed by atoms with E-state index in [2.05, 4.69) is 44.0 Å². The molecule has 0 radical (unpaired) electrons. The van der Waals surface area contributed by atoms with Gasteiger partial charge in [-0.15, -0.1) is 0 Å². The van der Waals surface area contributed by atoms with Gasteiger partial charge in [0, 0.05) is 13.0 Å². The van der Waals surface area contributed by atoms with Crippen LogP contribution in [0.15, 0.2) is 18.2 Å². The van der Waals surface area contributed by atoms with E-state index in [0.717, 1.165) is 48.2 Å². The van der Waals surface area contributed by atoms with Gasteiger partial charge in [0.05, 0.1) is 18.5 Å². The smallest absolute Gasteiger partial charge is 0.214 e. The number of fused-ring (bicyclic) bond motifs is 1. The maximum Gasteiger partial charge on any atom is 0.214 e. The number of pyridine rings is 1. The summed E-state index contributed by atoms with van der Waals surface area (Å²) in [5.41, 5.74) is 4.38. The number of hydrogen-bond donors (Lipinski definition) is 2. The molecule has 3 heteroatoms. The summed E-state index contributed by atoms with van der Waals surface area (Å²) in [5.74, 6) is 0.450. The fraction of sp³-hybridized carbons (Fsp3) is 0.471. The topological polar surface area (TPSA) is 38.8 Å². The second kappa shape index (κ2) is 6.23. The second-order valence-corrected chi connectivity index (χ2v) is 5.44. The Labute approximate surface area is 121 Å². The maximum atomic E-state index is 10.7. The molecule has 0 aliphatic carbocycles. The Morgan fingerprint density at radius 1 is 1.15 bits per heavy atom. The zero-order valence-corrected chi connectivity index (χ0v) is 13.0. The van der Waals surface area contributed by atoms with Gasteiger partial charge < -0.3 is 10.0 Å². The van der Waals surface area contributed by atoms with E-state index < -0.39 is 0 Å². The molecule has 0 unspecified atom stereocenters. The monoisotopic (exact) mass is 274 g/mol. The van der Waals surface area contributed by atoms with Gasteiger partial charge in [0.15, 0.2) is 5.69 Å². The van der Waals surface area contributed by atoms with Gasteiger partial charge in [-0.25, -0.2) is 4.98 Å². The van der Waals surface area contributed by atoms with Crippen molar-refractivity contribution in [2.45, 2.75) is 40.7 Å². The summed E-state index contributed by atoms with van der Waals surface area (Å²) in [6.45, 7) is 11.6. The van der Waals surface area contributed by atoms with E-state index in [-0.39, 0.29) is 0 Å². The van der Waals surface area contributed by atoms with Gasteiger partial charge in [-0.1, -0.05) is 13.0 Å². The van der Waals surface area contributed by atoms with E-state index >= 15 is 0 Å². The highest BCUT2D eigenvalue weighted by molar-refractivity contribution is 5.84. The van der Waals surface area contributed by atoms with Gasteiger partial charge in [0.1, 0.15) is 17.9 Å². The molecule has 0 atom stereocenters. The van der Waals surface area contributed by atoms with Crippen molar-refractivity contribution >= 4 is 10.9 Å². The highest BCUT2D eigenvalue weighted by atomic mass is 16.3. The Kier molecular flexibility index (Phi) is 4.61. The Morgan fingerprint density at radius 2 is 1.85 bits per heavy atom. The molecular formula is C17H26N2O+2. The van der Waals surface area contributed by atoms with Gasteiger partial charge >= 0.3 is 0 Å². The normalized spacial score (nSPS) is 11.4. The third kappa shape index (κ3) is 2.78. The van der Waals surface area contributed by atoms with Gasteiger partial charge in [-0.2, -0.15) is 0 Å². The van der Waals surface area contributed by atoms with E-state index in [9.17, 15) is 5.11 Å². The van der Waals surface area contributed by atoms with Crippen LogP contribution in [0.2, 0.25) is 0 Å². The van der Waals surface area contributed by atoms with E-state index in [1.807, 2.05) is 6.92 Å². The maximum absolute atomic E-state index is 10.7.